The second-order valence-corrected chi connectivity index (χ2v) is 5.99. The van der Waals surface area contributed by atoms with Gasteiger partial charge in [-0.15, -0.1) is 0 Å². The van der Waals surface area contributed by atoms with Crippen molar-refractivity contribution >= 4 is 40.8 Å². The molecule has 25 heavy (non-hydrogen) atoms. The molecule has 2 rings (SSSR count). The molecule has 0 fully saturated rings. The van der Waals surface area contributed by atoms with Gasteiger partial charge >= 0.3 is 5.97 Å². The average molecular weight is 382 g/mol. The fraction of sp³-hybridized carbons (Fsp3) is 0.222. The van der Waals surface area contributed by atoms with E-state index in [0.717, 1.165) is 0 Å². The minimum atomic E-state index is -0.740. The van der Waals surface area contributed by atoms with Crippen molar-refractivity contribution in [2.75, 3.05) is 12.4 Å². The topological polar surface area (TPSA) is 64.6 Å². The number of esters is 1. The fourth-order valence-electron chi connectivity index (χ4n) is 2.11. The molecule has 5 nitrogen and oxygen atoms in total. The molecule has 1 N–H and O–H groups in total. The number of ether oxygens (including phenoxy) is 2. The Morgan fingerprint density at radius 1 is 1.16 bits per heavy atom. The van der Waals surface area contributed by atoms with Crippen LogP contribution in [0.25, 0.3) is 0 Å². The maximum absolute atomic E-state index is 12.5. The summed E-state index contributed by atoms with van der Waals surface area (Å²) >= 11 is 12.0. The Hall–Kier alpha value is -2.24. The molecule has 1 unspecified atom stereocenters. The molecule has 1 amide bonds. The van der Waals surface area contributed by atoms with Gasteiger partial charge in [-0.25, -0.2) is 4.79 Å². The zero-order chi connectivity index (χ0) is 18.4. The zero-order valence-electron chi connectivity index (χ0n) is 13.7. The standard InChI is InChI=1S/C18H17Cl2NO4/c1-3-16(25-13-6-4-5-12(19)10-13)17(22)21-15-9-11(18(23)24-2)7-8-14(15)20/h4-10,16H,3H2,1-2H3,(H,21,22). The maximum atomic E-state index is 12.5. The third kappa shape index (κ3) is 5.11. The molecule has 0 spiro atoms. The van der Waals surface area contributed by atoms with Crippen molar-refractivity contribution in [2.24, 2.45) is 0 Å². The highest BCUT2D eigenvalue weighted by molar-refractivity contribution is 6.34. The van der Waals surface area contributed by atoms with Crippen LogP contribution in [0.1, 0.15) is 23.7 Å². The Balaban J connectivity index is 2.15. The van der Waals surface area contributed by atoms with E-state index < -0.39 is 12.1 Å². The first-order valence-electron chi connectivity index (χ1n) is 7.55. The van der Waals surface area contributed by atoms with Gasteiger partial charge in [-0.1, -0.05) is 36.2 Å². The number of amides is 1. The van der Waals surface area contributed by atoms with E-state index in [4.69, 9.17) is 27.9 Å². The molecule has 0 saturated heterocycles. The molecule has 0 bridgehead atoms. The predicted octanol–water partition coefficient (Wildman–Crippen LogP) is 4.58. The van der Waals surface area contributed by atoms with E-state index in [0.29, 0.717) is 27.9 Å². The molecular formula is C18H17Cl2NO4. The van der Waals surface area contributed by atoms with Crippen LogP contribution < -0.4 is 10.1 Å². The third-order valence-corrected chi connectivity index (χ3v) is 3.95. The molecular weight excluding hydrogens is 365 g/mol. The van der Waals surface area contributed by atoms with Gasteiger partial charge in [0.1, 0.15) is 5.75 Å². The van der Waals surface area contributed by atoms with E-state index in [1.54, 1.807) is 24.3 Å². The summed E-state index contributed by atoms with van der Waals surface area (Å²) in [6.45, 7) is 1.82. The number of benzene rings is 2. The van der Waals surface area contributed by atoms with Crippen LogP contribution in [0.15, 0.2) is 42.5 Å². The van der Waals surface area contributed by atoms with Crippen molar-refractivity contribution in [3.8, 4) is 5.75 Å². The molecule has 1 atom stereocenters. The van der Waals surface area contributed by atoms with Gasteiger partial charge < -0.3 is 14.8 Å². The minimum Gasteiger partial charge on any atom is -0.481 e. The monoisotopic (exact) mass is 381 g/mol. The molecule has 0 heterocycles. The second kappa shape index (κ2) is 8.74. The molecule has 2 aromatic rings. The minimum absolute atomic E-state index is 0.283. The van der Waals surface area contributed by atoms with Crippen molar-refractivity contribution in [3.05, 3.63) is 58.1 Å². The molecule has 0 aromatic heterocycles. The number of hydrogen-bond acceptors (Lipinski definition) is 4. The van der Waals surface area contributed by atoms with E-state index >= 15 is 0 Å². The van der Waals surface area contributed by atoms with Crippen LogP contribution in [-0.2, 0) is 9.53 Å². The smallest absolute Gasteiger partial charge is 0.337 e. The lowest BCUT2D eigenvalue weighted by Crippen LogP contribution is -2.32. The SMILES string of the molecule is CCC(Oc1cccc(Cl)c1)C(=O)Nc1cc(C(=O)OC)ccc1Cl. The molecule has 7 heteroatoms. The number of hydrogen-bond donors (Lipinski definition) is 1. The van der Waals surface area contributed by atoms with Crippen LogP contribution in [0, 0.1) is 0 Å². The van der Waals surface area contributed by atoms with Crippen LogP contribution in [0.2, 0.25) is 10.0 Å². The van der Waals surface area contributed by atoms with Gasteiger partial charge in [0.25, 0.3) is 5.91 Å². The Bertz CT molecular complexity index is 779. The van der Waals surface area contributed by atoms with Crippen molar-refractivity contribution in [2.45, 2.75) is 19.4 Å². The summed E-state index contributed by atoms with van der Waals surface area (Å²) in [5, 5.41) is 3.50. The first-order chi connectivity index (χ1) is 11.9. The van der Waals surface area contributed by atoms with Crippen LogP contribution in [0.3, 0.4) is 0 Å². The zero-order valence-corrected chi connectivity index (χ0v) is 15.2. The van der Waals surface area contributed by atoms with E-state index in [9.17, 15) is 9.59 Å². The Morgan fingerprint density at radius 2 is 1.92 bits per heavy atom. The summed E-state index contributed by atoms with van der Waals surface area (Å²) in [6.07, 6.45) is -0.302. The van der Waals surface area contributed by atoms with Crippen LogP contribution in [0.5, 0.6) is 5.75 Å². The van der Waals surface area contributed by atoms with Gasteiger partial charge in [0, 0.05) is 5.02 Å². The lowest BCUT2D eigenvalue weighted by Gasteiger charge is -2.18. The molecule has 0 aliphatic rings. The van der Waals surface area contributed by atoms with E-state index in [-0.39, 0.29) is 11.5 Å². The molecule has 0 aliphatic carbocycles. The lowest BCUT2D eigenvalue weighted by molar-refractivity contribution is -0.122. The highest BCUT2D eigenvalue weighted by atomic mass is 35.5. The Kier molecular flexibility index (Phi) is 6.67. The van der Waals surface area contributed by atoms with Crippen molar-refractivity contribution in [3.63, 3.8) is 0 Å². The number of carbonyl (C=O) groups is 2. The predicted molar refractivity (Wildman–Crippen MR) is 97.6 cm³/mol. The number of halogens is 2. The Labute approximate surface area is 155 Å². The molecule has 0 saturated carbocycles. The van der Waals surface area contributed by atoms with E-state index in [2.05, 4.69) is 10.1 Å². The number of methoxy groups -OCH3 is 1. The van der Waals surface area contributed by atoms with Gasteiger partial charge in [0.2, 0.25) is 0 Å². The van der Waals surface area contributed by atoms with Gasteiger partial charge in [-0.2, -0.15) is 0 Å². The summed E-state index contributed by atoms with van der Waals surface area (Å²) in [5.41, 5.74) is 0.591. The summed E-state index contributed by atoms with van der Waals surface area (Å²) in [5.74, 6) is -0.412. The van der Waals surface area contributed by atoms with Gasteiger partial charge in [-0.3, -0.25) is 4.79 Å². The molecule has 132 valence electrons. The van der Waals surface area contributed by atoms with Crippen molar-refractivity contribution in [1.29, 1.82) is 0 Å². The third-order valence-electron chi connectivity index (χ3n) is 3.38. The van der Waals surface area contributed by atoms with Gasteiger partial charge in [0.15, 0.2) is 6.10 Å². The first-order valence-corrected chi connectivity index (χ1v) is 8.31. The van der Waals surface area contributed by atoms with Gasteiger partial charge in [-0.05, 0) is 42.8 Å². The second-order valence-electron chi connectivity index (χ2n) is 5.15. The summed E-state index contributed by atoms with van der Waals surface area (Å²) in [7, 11) is 1.28. The summed E-state index contributed by atoms with van der Waals surface area (Å²) < 4.78 is 10.3. The number of carbonyl (C=O) groups excluding carboxylic acids is 2. The number of nitrogens with one attached hydrogen (secondary N) is 1. The summed E-state index contributed by atoms with van der Waals surface area (Å²) in [6, 6.07) is 11.3. The Morgan fingerprint density at radius 3 is 2.56 bits per heavy atom. The van der Waals surface area contributed by atoms with Crippen LogP contribution >= 0.6 is 23.2 Å². The number of anilines is 1. The van der Waals surface area contributed by atoms with E-state index in [1.165, 1.54) is 25.3 Å². The highest BCUT2D eigenvalue weighted by Crippen LogP contribution is 2.25. The number of rotatable bonds is 6. The normalized spacial score (nSPS) is 11.5. The van der Waals surface area contributed by atoms with Gasteiger partial charge in [0.05, 0.1) is 23.4 Å². The maximum Gasteiger partial charge on any atom is 0.337 e. The molecule has 2 aromatic carbocycles. The van der Waals surface area contributed by atoms with Crippen LogP contribution in [-0.4, -0.2) is 25.1 Å². The van der Waals surface area contributed by atoms with Crippen molar-refractivity contribution < 1.29 is 19.1 Å². The summed E-state index contributed by atoms with van der Waals surface area (Å²) in [4.78, 5) is 24.1. The quantitative estimate of drug-likeness (QED) is 0.743. The van der Waals surface area contributed by atoms with Crippen molar-refractivity contribution in [1.82, 2.24) is 0 Å². The molecule has 0 radical (unpaired) electrons. The fourth-order valence-corrected chi connectivity index (χ4v) is 2.45. The lowest BCUT2D eigenvalue weighted by atomic mass is 10.2. The van der Waals surface area contributed by atoms with E-state index in [1.807, 2.05) is 6.92 Å². The highest BCUT2D eigenvalue weighted by Gasteiger charge is 2.20. The average Bonchev–Trinajstić information content (AvgIpc) is 2.60. The largest absolute Gasteiger partial charge is 0.481 e. The first kappa shape index (κ1) is 19.1. The molecule has 0 aliphatic heterocycles. The van der Waals surface area contributed by atoms with Crippen LogP contribution in [0.4, 0.5) is 5.69 Å².